The number of amides is 1. The van der Waals surface area contributed by atoms with Gasteiger partial charge in [-0.3, -0.25) is 4.79 Å². The van der Waals surface area contributed by atoms with Gasteiger partial charge in [-0.25, -0.2) is 0 Å². The molecule has 1 unspecified atom stereocenters. The van der Waals surface area contributed by atoms with Crippen LogP contribution in [0.1, 0.15) is 51.9 Å². The van der Waals surface area contributed by atoms with Crippen molar-refractivity contribution in [2.45, 2.75) is 51.9 Å². The molecule has 1 aliphatic carbocycles. The Bertz CT molecular complexity index is 161. The summed E-state index contributed by atoms with van der Waals surface area (Å²) in [6.45, 7) is 2.05. The van der Waals surface area contributed by atoms with Crippen molar-refractivity contribution in [3.8, 4) is 0 Å². The summed E-state index contributed by atoms with van der Waals surface area (Å²) in [6.07, 6.45) is 8.63. The fraction of sp³-hybridized carbons (Fsp3) is 0.909. The van der Waals surface area contributed by atoms with Gasteiger partial charge in [0.15, 0.2) is 0 Å². The van der Waals surface area contributed by atoms with Crippen LogP contribution in [0.25, 0.3) is 0 Å². The van der Waals surface area contributed by atoms with Crippen LogP contribution in [-0.4, -0.2) is 5.91 Å². The molecule has 0 radical (unpaired) electrons. The Labute approximate surface area is 80.9 Å². The molecule has 2 nitrogen and oxygen atoms in total. The summed E-state index contributed by atoms with van der Waals surface area (Å²) in [5, 5.41) is 0. The van der Waals surface area contributed by atoms with E-state index >= 15 is 0 Å². The van der Waals surface area contributed by atoms with Crippen molar-refractivity contribution >= 4 is 5.91 Å². The smallest absolute Gasteiger partial charge is 0.220 e. The first-order valence-corrected chi connectivity index (χ1v) is 5.53. The van der Waals surface area contributed by atoms with E-state index < -0.39 is 0 Å². The summed E-state index contributed by atoms with van der Waals surface area (Å²) < 4.78 is 0. The highest BCUT2D eigenvalue weighted by Crippen LogP contribution is 2.29. The van der Waals surface area contributed by atoms with E-state index in [-0.39, 0.29) is 11.8 Å². The molecular formula is C11H21NO. The number of carbonyl (C=O) groups excluding carboxylic acids is 1. The van der Waals surface area contributed by atoms with Crippen LogP contribution in [0.5, 0.6) is 0 Å². The lowest BCUT2D eigenvalue weighted by Gasteiger charge is -2.24. The van der Waals surface area contributed by atoms with Crippen molar-refractivity contribution in [1.29, 1.82) is 0 Å². The van der Waals surface area contributed by atoms with Crippen LogP contribution in [0.15, 0.2) is 0 Å². The molecule has 1 aliphatic rings. The predicted octanol–water partition coefficient (Wildman–Crippen LogP) is 2.47. The lowest BCUT2D eigenvalue weighted by molar-refractivity contribution is -0.122. The van der Waals surface area contributed by atoms with Crippen LogP contribution in [0.4, 0.5) is 0 Å². The molecule has 0 bridgehead atoms. The number of hydrogen-bond donors (Lipinski definition) is 1. The van der Waals surface area contributed by atoms with Crippen LogP contribution in [-0.2, 0) is 4.79 Å². The first-order valence-electron chi connectivity index (χ1n) is 5.53. The van der Waals surface area contributed by atoms with Crippen LogP contribution in [0.2, 0.25) is 0 Å². The van der Waals surface area contributed by atoms with Gasteiger partial charge in [0.25, 0.3) is 0 Å². The largest absolute Gasteiger partial charge is 0.369 e. The zero-order chi connectivity index (χ0) is 9.68. The fourth-order valence-electron chi connectivity index (χ4n) is 2.31. The zero-order valence-electron chi connectivity index (χ0n) is 8.59. The van der Waals surface area contributed by atoms with Crippen LogP contribution < -0.4 is 5.73 Å². The molecule has 2 N–H and O–H groups in total. The van der Waals surface area contributed by atoms with Gasteiger partial charge in [-0.15, -0.1) is 0 Å². The maximum atomic E-state index is 11.0. The van der Waals surface area contributed by atoms with E-state index in [1.165, 1.54) is 32.1 Å². The Morgan fingerprint density at radius 1 is 1.38 bits per heavy atom. The predicted molar refractivity (Wildman–Crippen MR) is 54.2 cm³/mol. The number of nitrogens with two attached hydrogens (primary N) is 1. The van der Waals surface area contributed by atoms with E-state index in [1.807, 2.05) is 0 Å². The Balaban J connectivity index is 2.31. The van der Waals surface area contributed by atoms with Gasteiger partial charge < -0.3 is 5.73 Å². The van der Waals surface area contributed by atoms with E-state index in [4.69, 9.17) is 5.73 Å². The lowest BCUT2D eigenvalue weighted by atomic mass is 9.82. The Kier molecular flexibility index (Phi) is 4.26. The average Bonchev–Trinajstić information content (AvgIpc) is 2.15. The van der Waals surface area contributed by atoms with Gasteiger partial charge in [-0.1, -0.05) is 39.0 Å². The zero-order valence-corrected chi connectivity index (χ0v) is 8.59. The fourth-order valence-corrected chi connectivity index (χ4v) is 2.31. The summed E-state index contributed by atoms with van der Waals surface area (Å²) in [4.78, 5) is 11.0. The van der Waals surface area contributed by atoms with Gasteiger partial charge in [-0.2, -0.15) is 0 Å². The van der Waals surface area contributed by atoms with E-state index in [0.717, 1.165) is 18.8 Å². The number of rotatable bonds is 4. The van der Waals surface area contributed by atoms with Crippen molar-refractivity contribution in [2.75, 3.05) is 0 Å². The maximum absolute atomic E-state index is 11.0. The van der Waals surface area contributed by atoms with Crippen molar-refractivity contribution < 1.29 is 4.79 Å². The molecule has 0 aliphatic heterocycles. The highest BCUT2D eigenvalue weighted by Gasteiger charge is 2.20. The highest BCUT2D eigenvalue weighted by atomic mass is 16.1. The van der Waals surface area contributed by atoms with Gasteiger partial charge in [0.1, 0.15) is 0 Å². The second kappa shape index (κ2) is 5.25. The van der Waals surface area contributed by atoms with E-state index in [0.29, 0.717) is 0 Å². The lowest BCUT2D eigenvalue weighted by Crippen LogP contribution is -2.25. The molecule has 13 heavy (non-hydrogen) atoms. The first kappa shape index (κ1) is 10.6. The summed E-state index contributed by atoms with van der Waals surface area (Å²) in [5.41, 5.74) is 5.33. The maximum Gasteiger partial charge on any atom is 0.220 e. The van der Waals surface area contributed by atoms with Gasteiger partial charge in [-0.05, 0) is 18.8 Å². The summed E-state index contributed by atoms with van der Waals surface area (Å²) in [6, 6.07) is 0. The van der Waals surface area contributed by atoms with Crippen molar-refractivity contribution in [3.05, 3.63) is 0 Å². The summed E-state index contributed by atoms with van der Waals surface area (Å²) in [5.74, 6) is 0.794. The third-order valence-electron chi connectivity index (χ3n) is 3.24. The van der Waals surface area contributed by atoms with Crippen LogP contribution >= 0.6 is 0 Å². The quantitative estimate of drug-likeness (QED) is 0.714. The molecule has 0 heterocycles. The minimum Gasteiger partial charge on any atom is -0.369 e. The van der Waals surface area contributed by atoms with E-state index in [2.05, 4.69) is 6.92 Å². The highest BCUT2D eigenvalue weighted by molar-refractivity contribution is 5.76. The minimum atomic E-state index is -0.104. The Hall–Kier alpha value is -0.530. The third-order valence-corrected chi connectivity index (χ3v) is 3.24. The summed E-state index contributed by atoms with van der Waals surface area (Å²) in [7, 11) is 0. The standard InChI is InChI=1S/C11H21NO/c1-2-10(11(12)13)8-9-6-4-3-5-7-9/h9-10H,2-8H2,1H3,(H2,12,13). The monoisotopic (exact) mass is 183 g/mol. The van der Waals surface area contributed by atoms with Crippen molar-refractivity contribution in [1.82, 2.24) is 0 Å². The number of primary amides is 1. The Morgan fingerprint density at radius 2 is 2.00 bits per heavy atom. The molecule has 2 heteroatoms. The average molecular weight is 183 g/mol. The van der Waals surface area contributed by atoms with E-state index in [9.17, 15) is 4.79 Å². The van der Waals surface area contributed by atoms with Crippen molar-refractivity contribution in [2.24, 2.45) is 17.6 Å². The van der Waals surface area contributed by atoms with Gasteiger partial charge >= 0.3 is 0 Å². The number of carbonyl (C=O) groups is 1. The molecule has 0 saturated heterocycles. The SMILES string of the molecule is CCC(CC1CCCCC1)C(N)=O. The Morgan fingerprint density at radius 3 is 2.46 bits per heavy atom. The molecular weight excluding hydrogens is 162 g/mol. The second-order valence-corrected chi connectivity index (χ2v) is 4.25. The normalized spacial score (nSPS) is 21.3. The molecule has 76 valence electrons. The summed E-state index contributed by atoms with van der Waals surface area (Å²) >= 11 is 0. The molecule has 1 atom stereocenters. The molecule has 1 saturated carbocycles. The molecule has 0 aromatic heterocycles. The first-order chi connectivity index (χ1) is 6.24. The molecule has 0 aromatic carbocycles. The van der Waals surface area contributed by atoms with E-state index in [1.54, 1.807) is 0 Å². The molecule has 1 rings (SSSR count). The minimum absolute atomic E-state index is 0.104. The van der Waals surface area contributed by atoms with Gasteiger partial charge in [0.2, 0.25) is 5.91 Å². The number of hydrogen-bond acceptors (Lipinski definition) is 1. The van der Waals surface area contributed by atoms with Crippen molar-refractivity contribution in [3.63, 3.8) is 0 Å². The molecule has 0 aromatic rings. The second-order valence-electron chi connectivity index (χ2n) is 4.25. The van der Waals surface area contributed by atoms with Gasteiger partial charge in [0, 0.05) is 5.92 Å². The molecule has 1 fully saturated rings. The third kappa shape index (κ3) is 3.37. The van der Waals surface area contributed by atoms with Crippen LogP contribution in [0, 0.1) is 11.8 Å². The topological polar surface area (TPSA) is 43.1 Å². The van der Waals surface area contributed by atoms with Crippen LogP contribution in [0.3, 0.4) is 0 Å². The molecule has 0 spiro atoms. The van der Waals surface area contributed by atoms with Gasteiger partial charge in [0.05, 0.1) is 0 Å². The molecule has 1 amide bonds.